The van der Waals surface area contributed by atoms with E-state index < -0.39 is 54.5 Å². The summed E-state index contributed by atoms with van der Waals surface area (Å²) in [6.45, 7) is -0.411. The molecule has 0 bridgehead atoms. The Morgan fingerprint density at radius 1 is 0.912 bits per heavy atom. The first kappa shape index (κ1) is 29.2. The number of phenolic OH excluding ortho intramolecular Hbond substituents is 1. The number of carboxylic acids is 1. The molecule has 0 heterocycles. The molecule has 0 fully saturated rings. The van der Waals surface area contributed by atoms with Crippen LogP contribution in [-0.4, -0.2) is 82.1 Å². The van der Waals surface area contributed by atoms with Gasteiger partial charge in [0.2, 0.25) is 17.7 Å². The van der Waals surface area contributed by atoms with E-state index in [1.54, 1.807) is 12.1 Å². The molecule has 1 aromatic carbocycles. The lowest BCUT2D eigenvalue weighted by atomic mass is 10.1. The number of carbonyl (C=O) groups is 4. The van der Waals surface area contributed by atoms with Crippen LogP contribution in [0.2, 0.25) is 0 Å². The number of hydrogen-bond donors (Lipinski definition) is 9. The third-order valence-corrected chi connectivity index (χ3v) is 5.29. The van der Waals surface area contributed by atoms with Crippen LogP contribution in [0.1, 0.15) is 24.8 Å². The van der Waals surface area contributed by atoms with Gasteiger partial charge in [0.25, 0.3) is 0 Å². The molecule has 0 saturated carbocycles. The first-order valence-electron chi connectivity index (χ1n) is 10.7. The summed E-state index contributed by atoms with van der Waals surface area (Å²) in [7, 11) is 0. The maximum atomic E-state index is 12.6. The van der Waals surface area contributed by atoms with E-state index in [1.165, 1.54) is 12.1 Å². The summed E-state index contributed by atoms with van der Waals surface area (Å²) in [5, 5.41) is 35.1. The van der Waals surface area contributed by atoms with E-state index in [2.05, 4.69) is 28.6 Å². The molecular formula is C21H33N5O7S. The number of unbranched alkanes of at least 4 members (excludes halogenated alkanes) is 1. The molecule has 190 valence electrons. The second-order valence-corrected chi connectivity index (χ2v) is 8.01. The zero-order chi connectivity index (χ0) is 25.7. The van der Waals surface area contributed by atoms with Crippen LogP contribution in [-0.2, 0) is 25.6 Å². The molecule has 13 heteroatoms. The van der Waals surface area contributed by atoms with Crippen LogP contribution in [0.3, 0.4) is 0 Å². The number of aliphatic carboxylic acids is 1. The fourth-order valence-electron chi connectivity index (χ4n) is 2.94. The van der Waals surface area contributed by atoms with Gasteiger partial charge in [-0.3, -0.25) is 14.4 Å². The number of aliphatic hydroxyl groups is 1. The largest absolute Gasteiger partial charge is 0.508 e. The standard InChI is InChI=1S/C21H33N5O7S/c22-8-2-1-3-15(21(32)33)24-19(30)16(10-27)25-20(31)17(11-34)26-18(29)14(23)9-12-4-6-13(28)7-5-12/h4-7,14-17,27-28,34H,1-3,8-11,22-23H2,(H,24,30)(H,25,31)(H,26,29)(H,32,33). The molecule has 0 saturated heterocycles. The fraction of sp³-hybridized carbons (Fsp3) is 0.524. The van der Waals surface area contributed by atoms with Crippen molar-refractivity contribution in [2.24, 2.45) is 11.5 Å². The van der Waals surface area contributed by atoms with E-state index in [0.717, 1.165) is 0 Å². The third kappa shape index (κ3) is 9.95. The van der Waals surface area contributed by atoms with Crippen molar-refractivity contribution in [1.82, 2.24) is 16.0 Å². The number of nitrogens with one attached hydrogen (secondary N) is 3. The first-order chi connectivity index (χ1) is 16.1. The highest BCUT2D eigenvalue weighted by atomic mass is 32.1. The number of amides is 3. The molecule has 4 unspecified atom stereocenters. The van der Waals surface area contributed by atoms with Gasteiger partial charge in [-0.15, -0.1) is 0 Å². The van der Waals surface area contributed by atoms with Gasteiger partial charge in [0.15, 0.2) is 0 Å². The van der Waals surface area contributed by atoms with Crippen molar-refractivity contribution in [2.75, 3.05) is 18.9 Å². The topological polar surface area (TPSA) is 217 Å². The van der Waals surface area contributed by atoms with Crippen molar-refractivity contribution in [3.05, 3.63) is 29.8 Å². The number of carbonyl (C=O) groups excluding carboxylic acids is 3. The molecule has 0 aromatic heterocycles. The molecule has 4 atom stereocenters. The van der Waals surface area contributed by atoms with Gasteiger partial charge in [0.05, 0.1) is 12.6 Å². The van der Waals surface area contributed by atoms with Crippen LogP contribution in [0.15, 0.2) is 24.3 Å². The number of nitrogens with two attached hydrogens (primary N) is 2. The Morgan fingerprint density at radius 3 is 2.00 bits per heavy atom. The maximum Gasteiger partial charge on any atom is 0.326 e. The molecule has 1 aromatic rings. The minimum atomic E-state index is -1.44. The zero-order valence-corrected chi connectivity index (χ0v) is 19.5. The van der Waals surface area contributed by atoms with Crippen molar-refractivity contribution in [1.29, 1.82) is 0 Å². The van der Waals surface area contributed by atoms with Crippen LogP contribution in [0, 0.1) is 0 Å². The van der Waals surface area contributed by atoms with Crippen molar-refractivity contribution in [2.45, 2.75) is 49.9 Å². The van der Waals surface area contributed by atoms with Crippen molar-refractivity contribution < 1.29 is 34.5 Å². The smallest absolute Gasteiger partial charge is 0.326 e. The Hall–Kier alpha value is -2.87. The predicted octanol–water partition coefficient (Wildman–Crippen LogP) is -2.15. The summed E-state index contributed by atoms with van der Waals surface area (Å²) in [6, 6.07) is 1.32. The van der Waals surface area contributed by atoms with Gasteiger partial charge in [-0.25, -0.2) is 4.79 Å². The average Bonchev–Trinajstić information content (AvgIpc) is 2.81. The van der Waals surface area contributed by atoms with Gasteiger partial charge in [-0.2, -0.15) is 12.6 Å². The number of hydrogen-bond acceptors (Lipinski definition) is 9. The molecule has 12 nitrogen and oxygen atoms in total. The quantitative estimate of drug-likeness (QED) is 0.0948. The van der Waals surface area contributed by atoms with Gasteiger partial charge >= 0.3 is 5.97 Å². The Morgan fingerprint density at radius 2 is 1.47 bits per heavy atom. The first-order valence-corrected chi connectivity index (χ1v) is 11.3. The predicted molar refractivity (Wildman–Crippen MR) is 127 cm³/mol. The number of phenols is 1. The van der Waals surface area contributed by atoms with Gasteiger partial charge in [0, 0.05) is 5.75 Å². The Balaban J connectivity index is 2.69. The van der Waals surface area contributed by atoms with E-state index in [9.17, 15) is 34.5 Å². The molecule has 0 aliphatic carbocycles. The van der Waals surface area contributed by atoms with Crippen LogP contribution in [0.5, 0.6) is 5.75 Å². The zero-order valence-electron chi connectivity index (χ0n) is 18.6. The van der Waals surface area contributed by atoms with E-state index in [-0.39, 0.29) is 24.3 Å². The summed E-state index contributed by atoms with van der Waals surface area (Å²) in [5.41, 5.74) is 12.0. The second-order valence-electron chi connectivity index (χ2n) is 7.65. The van der Waals surface area contributed by atoms with Gasteiger partial charge in [-0.1, -0.05) is 12.1 Å². The van der Waals surface area contributed by atoms with E-state index in [0.29, 0.717) is 24.9 Å². The number of thiol groups is 1. The Bertz CT molecular complexity index is 824. The molecule has 0 aliphatic heterocycles. The normalized spacial score (nSPS) is 14.4. The molecule has 0 radical (unpaired) electrons. The highest BCUT2D eigenvalue weighted by molar-refractivity contribution is 7.80. The minimum absolute atomic E-state index is 0.0706. The summed E-state index contributed by atoms with van der Waals surface area (Å²) >= 11 is 4.05. The van der Waals surface area contributed by atoms with Crippen molar-refractivity contribution >= 4 is 36.3 Å². The second kappa shape index (κ2) is 15.1. The summed E-state index contributed by atoms with van der Waals surface area (Å²) < 4.78 is 0. The monoisotopic (exact) mass is 499 g/mol. The van der Waals surface area contributed by atoms with E-state index in [1.807, 2.05) is 0 Å². The highest BCUT2D eigenvalue weighted by Crippen LogP contribution is 2.11. The molecule has 1 rings (SSSR count). The third-order valence-electron chi connectivity index (χ3n) is 4.92. The number of aliphatic hydroxyl groups excluding tert-OH is 1. The molecule has 3 amide bonds. The fourth-order valence-corrected chi connectivity index (χ4v) is 3.20. The Labute approximate surface area is 202 Å². The minimum Gasteiger partial charge on any atom is -0.508 e. The van der Waals surface area contributed by atoms with Crippen LogP contribution in [0.4, 0.5) is 0 Å². The van der Waals surface area contributed by atoms with Gasteiger partial charge in [0.1, 0.15) is 23.9 Å². The van der Waals surface area contributed by atoms with Crippen LogP contribution in [0.25, 0.3) is 0 Å². The van der Waals surface area contributed by atoms with Gasteiger partial charge < -0.3 is 42.7 Å². The van der Waals surface area contributed by atoms with Crippen LogP contribution >= 0.6 is 12.6 Å². The SMILES string of the molecule is NCCCCC(NC(=O)C(CO)NC(=O)C(CS)NC(=O)C(N)Cc1ccc(O)cc1)C(=O)O. The molecular weight excluding hydrogens is 466 g/mol. The van der Waals surface area contributed by atoms with Gasteiger partial charge in [-0.05, 0) is 49.9 Å². The number of rotatable bonds is 15. The lowest BCUT2D eigenvalue weighted by Gasteiger charge is -2.23. The lowest BCUT2D eigenvalue weighted by molar-refractivity contribution is -0.142. The Kier molecular flexibility index (Phi) is 13.0. The molecule has 0 aliphatic rings. The van der Waals surface area contributed by atoms with Crippen molar-refractivity contribution in [3.8, 4) is 5.75 Å². The van der Waals surface area contributed by atoms with Crippen LogP contribution < -0.4 is 27.4 Å². The number of carboxylic acid groups (broad SMARTS) is 1. The number of benzene rings is 1. The average molecular weight is 500 g/mol. The summed E-state index contributed by atoms with van der Waals surface area (Å²) in [4.78, 5) is 48.8. The summed E-state index contributed by atoms with van der Waals surface area (Å²) in [5.74, 6) is -3.63. The molecule has 34 heavy (non-hydrogen) atoms. The van der Waals surface area contributed by atoms with E-state index in [4.69, 9.17) is 11.5 Å². The highest BCUT2D eigenvalue weighted by Gasteiger charge is 2.29. The maximum absolute atomic E-state index is 12.6. The van der Waals surface area contributed by atoms with Crippen molar-refractivity contribution in [3.63, 3.8) is 0 Å². The molecule has 0 spiro atoms. The molecule has 10 N–H and O–H groups in total. The van der Waals surface area contributed by atoms with E-state index >= 15 is 0 Å². The number of aromatic hydroxyl groups is 1. The summed E-state index contributed by atoms with van der Waals surface area (Å²) in [6.07, 6.45) is 1.34. The lowest BCUT2D eigenvalue weighted by Crippen LogP contribution is -2.58.